The van der Waals surface area contributed by atoms with E-state index in [1.165, 1.54) is 0 Å². The molecule has 2 nitrogen and oxygen atoms in total. The summed E-state index contributed by atoms with van der Waals surface area (Å²) in [7, 11) is 1.77. The molecule has 0 saturated heterocycles. The third-order valence-electron chi connectivity index (χ3n) is 1.58. The van der Waals surface area contributed by atoms with Gasteiger partial charge in [-0.2, -0.15) is 0 Å². The Morgan fingerprint density at radius 2 is 2.30 bits per heavy atom. The molecule has 1 rings (SSSR count). The van der Waals surface area contributed by atoms with Crippen LogP contribution in [0.4, 0.5) is 0 Å². The largest absolute Gasteiger partial charge is 0.318 e. The molecule has 0 radical (unpaired) electrons. The second-order valence-corrected chi connectivity index (χ2v) is 2.30. The Kier molecular flexibility index (Phi) is 1.90. The maximum absolute atomic E-state index is 11.2. The first-order valence-electron chi connectivity index (χ1n) is 3.40. The first kappa shape index (κ1) is 7.06. The van der Waals surface area contributed by atoms with Gasteiger partial charge in [0.15, 0.2) is 0 Å². The number of aromatic nitrogens is 1. The molecule has 2 heteroatoms. The fourth-order valence-corrected chi connectivity index (χ4v) is 0.923. The van der Waals surface area contributed by atoms with E-state index in [1.807, 2.05) is 19.1 Å². The van der Waals surface area contributed by atoms with Crippen molar-refractivity contribution in [1.82, 2.24) is 4.57 Å². The van der Waals surface area contributed by atoms with Gasteiger partial charge in [-0.05, 0) is 12.5 Å². The number of pyridine rings is 1. The first-order chi connectivity index (χ1) is 4.75. The van der Waals surface area contributed by atoms with Crippen LogP contribution in [0.25, 0.3) is 0 Å². The molecule has 0 N–H and O–H groups in total. The summed E-state index contributed by atoms with van der Waals surface area (Å²) in [6.45, 7) is 1.98. The van der Waals surface area contributed by atoms with E-state index in [1.54, 1.807) is 17.8 Å². The van der Waals surface area contributed by atoms with Gasteiger partial charge in [-0.25, -0.2) is 0 Å². The van der Waals surface area contributed by atoms with Gasteiger partial charge in [0.25, 0.3) is 5.56 Å². The van der Waals surface area contributed by atoms with Gasteiger partial charge in [-0.3, -0.25) is 4.79 Å². The molecule has 1 aromatic rings. The summed E-state index contributed by atoms with van der Waals surface area (Å²) in [6.07, 6.45) is 2.58. The summed E-state index contributed by atoms with van der Waals surface area (Å²) in [4.78, 5) is 11.2. The lowest BCUT2D eigenvalue weighted by molar-refractivity contribution is 0.835. The monoisotopic (exact) mass is 137 g/mol. The Labute approximate surface area is 60.1 Å². The zero-order valence-corrected chi connectivity index (χ0v) is 6.29. The maximum atomic E-state index is 11.2. The number of nitrogens with zero attached hydrogens (tertiary/aromatic N) is 1. The lowest BCUT2D eigenvalue weighted by Crippen LogP contribution is -2.19. The maximum Gasteiger partial charge on any atom is 0.253 e. The van der Waals surface area contributed by atoms with Gasteiger partial charge in [0, 0.05) is 18.8 Å². The van der Waals surface area contributed by atoms with Crippen molar-refractivity contribution in [2.75, 3.05) is 0 Å². The average molecular weight is 137 g/mol. The molecule has 0 aliphatic rings. The normalized spacial score (nSPS) is 9.80. The Balaban J connectivity index is 3.28. The molecule has 0 saturated carbocycles. The van der Waals surface area contributed by atoms with Crippen molar-refractivity contribution in [2.24, 2.45) is 7.05 Å². The highest BCUT2D eigenvalue weighted by Gasteiger charge is 1.94. The van der Waals surface area contributed by atoms with E-state index in [2.05, 4.69) is 0 Å². The van der Waals surface area contributed by atoms with Gasteiger partial charge >= 0.3 is 0 Å². The summed E-state index contributed by atoms with van der Waals surface area (Å²) >= 11 is 0. The number of aryl methyl sites for hydroxylation is 2. The topological polar surface area (TPSA) is 22.0 Å². The van der Waals surface area contributed by atoms with E-state index in [-0.39, 0.29) is 5.56 Å². The van der Waals surface area contributed by atoms with E-state index >= 15 is 0 Å². The highest BCUT2D eigenvalue weighted by molar-refractivity contribution is 5.09. The average Bonchev–Trinajstić information content (AvgIpc) is 1.95. The molecule has 10 heavy (non-hydrogen) atoms. The molecule has 0 aliphatic heterocycles. The predicted octanol–water partition coefficient (Wildman–Crippen LogP) is 0.948. The van der Waals surface area contributed by atoms with Crippen LogP contribution in [-0.4, -0.2) is 4.57 Å². The zero-order chi connectivity index (χ0) is 7.56. The standard InChI is InChI=1S/C8H11NO/c1-3-7-5-4-6-9(2)8(7)10/h4-6H,3H2,1-2H3. The fraction of sp³-hybridized carbons (Fsp3) is 0.375. The van der Waals surface area contributed by atoms with Crippen LogP contribution in [0.15, 0.2) is 23.1 Å². The summed E-state index contributed by atoms with van der Waals surface area (Å²) in [6, 6.07) is 3.75. The molecule has 0 atom stereocenters. The SMILES string of the molecule is CCc1cccn(C)c1=O. The molecule has 0 spiro atoms. The molecule has 0 unspecified atom stereocenters. The van der Waals surface area contributed by atoms with E-state index in [9.17, 15) is 4.79 Å². The number of hydrogen-bond donors (Lipinski definition) is 0. The van der Waals surface area contributed by atoms with Crippen LogP contribution in [-0.2, 0) is 13.5 Å². The Morgan fingerprint density at radius 3 is 2.80 bits per heavy atom. The van der Waals surface area contributed by atoms with Crippen LogP contribution >= 0.6 is 0 Å². The molecular formula is C8H11NO. The van der Waals surface area contributed by atoms with Crippen molar-refractivity contribution >= 4 is 0 Å². The van der Waals surface area contributed by atoms with Crippen LogP contribution in [0.5, 0.6) is 0 Å². The van der Waals surface area contributed by atoms with Crippen LogP contribution in [0, 0.1) is 0 Å². The quantitative estimate of drug-likeness (QED) is 0.564. The van der Waals surface area contributed by atoms with Gasteiger partial charge in [-0.1, -0.05) is 13.0 Å². The second-order valence-electron chi connectivity index (χ2n) is 2.30. The molecule has 0 aliphatic carbocycles. The van der Waals surface area contributed by atoms with Crippen molar-refractivity contribution in [1.29, 1.82) is 0 Å². The zero-order valence-electron chi connectivity index (χ0n) is 6.29. The molecular weight excluding hydrogens is 126 g/mol. The molecule has 1 aromatic heterocycles. The van der Waals surface area contributed by atoms with Crippen molar-refractivity contribution in [3.05, 3.63) is 34.2 Å². The Morgan fingerprint density at radius 1 is 1.60 bits per heavy atom. The van der Waals surface area contributed by atoms with Gasteiger partial charge in [0.1, 0.15) is 0 Å². The Hall–Kier alpha value is -1.05. The first-order valence-corrected chi connectivity index (χ1v) is 3.40. The van der Waals surface area contributed by atoms with Crippen LogP contribution < -0.4 is 5.56 Å². The van der Waals surface area contributed by atoms with Gasteiger partial charge in [0.2, 0.25) is 0 Å². The fourth-order valence-electron chi connectivity index (χ4n) is 0.923. The predicted molar refractivity (Wildman–Crippen MR) is 41.1 cm³/mol. The third kappa shape index (κ3) is 1.10. The van der Waals surface area contributed by atoms with Crippen LogP contribution in [0.3, 0.4) is 0 Å². The molecule has 0 bridgehead atoms. The minimum Gasteiger partial charge on any atom is -0.318 e. The molecule has 0 aromatic carbocycles. The molecule has 54 valence electrons. The summed E-state index contributed by atoms with van der Waals surface area (Å²) in [5, 5.41) is 0. The highest BCUT2D eigenvalue weighted by atomic mass is 16.1. The summed E-state index contributed by atoms with van der Waals surface area (Å²) in [5.41, 5.74) is 0.995. The third-order valence-corrected chi connectivity index (χ3v) is 1.58. The summed E-state index contributed by atoms with van der Waals surface area (Å²) in [5.74, 6) is 0. The van der Waals surface area contributed by atoms with Gasteiger partial charge < -0.3 is 4.57 Å². The summed E-state index contributed by atoms with van der Waals surface area (Å²) < 4.78 is 1.60. The minimum absolute atomic E-state index is 0.116. The highest BCUT2D eigenvalue weighted by Crippen LogP contribution is 1.89. The lowest BCUT2D eigenvalue weighted by Gasteiger charge is -1.97. The second kappa shape index (κ2) is 2.69. The van der Waals surface area contributed by atoms with Crippen molar-refractivity contribution in [3.8, 4) is 0 Å². The number of hydrogen-bond acceptors (Lipinski definition) is 1. The van der Waals surface area contributed by atoms with Crippen molar-refractivity contribution < 1.29 is 0 Å². The van der Waals surface area contributed by atoms with Crippen LogP contribution in [0.1, 0.15) is 12.5 Å². The minimum atomic E-state index is 0.116. The Bertz CT molecular complexity index is 275. The molecule has 1 heterocycles. The van der Waals surface area contributed by atoms with Crippen molar-refractivity contribution in [3.63, 3.8) is 0 Å². The van der Waals surface area contributed by atoms with Gasteiger partial charge in [0.05, 0.1) is 0 Å². The smallest absolute Gasteiger partial charge is 0.253 e. The van der Waals surface area contributed by atoms with Crippen molar-refractivity contribution in [2.45, 2.75) is 13.3 Å². The van der Waals surface area contributed by atoms with E-state index in [0.29, 0.717) is 0 Å². The van der Waals surface area contributed by atoms with Gasteiger partial charge in [-0.15, -0.1) is 0 Å². The number of rotatable bonds is 1. The van der Waals surface area contributed by atoms with E-state index in [0.717, 1.165) is 12.0 Å². The lowest BCUT2D eigenvalue weighted by atomic mass is 10.2. The molecule has 0 fully saturated rings. The van der Waals surface area contributed by atoms with Crippen LogP contribution in [0.2, 0.25) is 0 Å². The molecule has 0 amide bonds. The van der Waals surface area contributed by atoms with E-state index < -0.39 is 0 Å². The van der Waals surface area contributed by atoms with E-state index in [4.69, 9.17) is 0 Å².